The summed E-state index contributed by atoms with van der Waals surface area (Å²) in [5.74, 6) is -0.354. The smallest absolute Gasteiger partial charge is 0.124 e. The van der Waals surface area contributed by atoms with Gasteiger partial charge >= 0.3 is 0 Å². The summed E-state index contributed by atoms with van der Waals surface area (Å²) >= 11 is 6.05. The Balaban J connectivity index is 1.95. The number of benzene rings is 2. The predicted octanol–water partition coefficient (Wildman–Crippen LogP) is 3.86. The third-order valence-corrected chi connectivity index (χ3v) is 4.18. The van der Waals surface area contributed by atoms with Gasteiger partial charge in [0.25, 0.3) is 0 Å². The van der Waals surface area contributed by atoms with E-state index in [2.05, 4.69) is 0 Å². The average Bonchev–Trinajstić information content (AvgIpc) is 2.72. The fourth-order valence-electron chi connectivity index (χ4n) is 2.83. The Labute approximate surface area is 116 Å². The van der Waals surface area contributed by atoms with Gasteiger partial charge in [-0.15, -0.1) is 0 Å². The molecule has 2 aromatic rings. The molecule has 3 heteroatoms. The van der Waals surface area contributed by atoms with E-state index in [1.54, 1.807) is 6.07 Å². The van der Waals surface area contributed by atoms with Crippen molar-refractivity contribution in [1.29, 1.82) is 0 Å². The Bertz CT molecular complexity index is 626. The zero-order valence-electron chi connectivity index (χ0n) is 10.4. The molecule has 3 rings (SSSR count). The summed E-state index contributed by atoms with van der Waals surface area (Å²) in [6.07, 6.45) is 1.97. The molecule has 0 aromatic heterocycles. The minimum atomic E-state index is -0.891. The lowest BCUT2D eigenvalue weighted by molar-refractivity contribution is 0.0389. The molecule has 0 saturated heterocycles. The second-order valence-corrected chi connectivity index (χ2v) is 5.51. The molecular weight excluding hydrogens is 263 g/mol. The first kappa shape index (κ1) is 12.6. The van der Waals surface area contributed by atoms with E-state index in [9.17, 15) is 9.50 Å². The summed E-state index contributed by atoms with van der Waals surface area (Å²) in [5.41, 5.74) is 2.04. The third kappa shape index (κ3) is 2.26. The summed E-state index contributed by atoms with van der Waals surface area (Å²) in [5, 5.41) is 11.2. The fourth-order valence-corrected chi connectivity index (χ4v) is 3.07. The zero-order valence-corrected chi connectivity index (χ0v) is 11.1. The van der Waals surface area contributed by atoms with E-state index < -0.39 is 5.60 Å². The molecule has 0 heterocycles. The largest absolute Gasteiger partial charge is 0.385 e. The third-order valence-electron chi connectivity index (χ3n) is 3.82. The van der Waals surface area contributed by atoms with Crippen LogP contribution in [0.2, 0.25) is 5.02 Å². The number of aryl methyl sites for hydroxylation is 1. The number of rotatable bonds is 2. The summed E-state index contributed by atoms with van der Waals surface area (Å²) in [6.45, 7) is 0. The van der Waals surface area contributed by atoms with Crippen LogP contribution in [0.1, 0.15) is 23.1 Å². The molecular formula is C16H14ClFO. The van der Waals surface area contributed by atoms with E-state index in [1.165, 1.54) is 17.7 Å². The molecule has 1 N–H and O–H groups in total. The van der Waals surface area contributed by atoms with Crippen LogP contribution in [-0.4, -0.2) is 5.11 Å². The molecule has 1 unspecified atom stereocenters. The summed E-state index contributed by atoms with van der Waals surface area (Å²) < 4.78 is 13.0. The lowest BCUT2D eigenvalue weighted by Crippen LogP contribution is -2.25. The first-order valence-electron chi connectivity index (χ1n) is 6.33. The van der Waals surface area contributed by atoms with Gasteiger partial charge in [-0.05, 0) is 41.7 Å². The molecule has 98 valence electrons. The first-order valence-corrected chi connectivity index (χ1v) is 6.71. The second kappa shape index (κ2) is 4.62. The van der Waals surface area contributed by atoms with Crippen LogP contribution in [0.25, 0.3) is 0 Å². The van der Waals surface area contributed by atoms with Crippen molar-refractivity contribution in [1.82, 2.24) is 0 Å². The maximum absolute atomic E-state index is 13.0. The van der Waals surface area contributed by atoms with Gasteiger partial charge < -0.3 is 5.11 Å². The van der Waals surface area contributed by atoms with Crippen LogP contribution in [0, 0.1) is 5.82 Å². The molecule has 1 aliphatic carbocycles. The minimum Gasteiger partial charge on any atom is -0.385 e. The van der Waals surface area contributed by atoms with Gasteiger partial charge in [0.2, 0.25) is 0 Å². The molecule has 0 radical (unpaired) electrons. The molecule has 1 aliphatic rings. The Morgan fingerprint density at radius 3 is 2.79 bits per heavy atom. The van der Waals surface area contributed by atoms with Crippen LogP contribution in [0.15, 0.2) is 42.5 Å². The molecule has 19 heavy (non-hydrogen) atoms. The summed E-state index contributed by atoms with van der Waals surface area (Å²) in [4.78, 5) is 0. The van der Waals surface area contributed by atoms with E-state index in [0.717, 1.165) is 17.5 Å². The SMILES string of the molecule is OC1(Cc2ccc(F)cc2Cl)CCc2ccccc21. The zero-order chi connectivity index (χ0) is 13.5. The van der Waals surface area contributed by atoms with Crippen molar-refractivity contribution in [3.05, 3.63) is 70.0 Å². The van der Waals surface area contributed by atoms with Gasteiger partial charge in [-0.2, -0.15) is 0 Å². The molecule has 0 amide bonds. The molecule has 0 fully saturated rings. The van der Waals surface area contributed by atoms with Gasteiger partial charge in [-0.1, -0.05) is 41.9 Å². The van der Waals surface area contributed by atoms with Crippen molar-refractivity contribution in [2.75, 3.05) is 0 Å². The van der Waals surface area contributed by atoms with Gasteiger partial charge in [0.1, 0.15) is 5.82 Å². The lowest BCUT2D eigenvalue weighted by atomic mass is 9.89. The molecule has 0 bridgehead atoms. The number of aliphatic hydroxyl groups is 1. The lowest BCUT2D eigenvalue weighted by Gasteiger charge is -2.24. The number of halogens is 2. The van der Waals surface area contributed by atoms with Crippen LogP contribution < -0.4 is 0 Å². The van der Waals surface area contributed by atoms with Crippen LogP contribution >= 0.6 is 11.6 Å². The van der Waals surface area contributed by atoms with Crippen LogP contribution in [0.5, 0.6) is 0 Å². The first-order chi connectivity index (χ1) is 9.08. The maximum atomic E-state index is 13.0. The van der Waals surface area contributed by atoms with Gasteiger partial charge in [-0.3, -0.25) is 0 Å². The van der Waals surface area contributed by atoms with Crippen molar-refractivity contribution in [2.45, 2.75) is 24.9 Å². The highest BCUT2D eigenvalue weighted by Crippen LogP contribution is 2.40. The fraction of sp³-hybridized carbons (Fsp3) is 0.250. The molecule has 0 aliphatic heterocycles. The highest BCUT2D eigenvalue weighted by atomic mass is 35.5. The summed E-state index contributed by atoms with van der Waals surface area (Å²) in [7, 11) is 0. The van der Waals surface area contributed by atoms with E-state index >= 15 is 0 Å². The number of hydrogen-bond acceptors (Lipinski definition) is 1. The Hall–Kier alpha value is -1.38. The van der Waals surface area contributed by atoms with E-state index in [-0.39, 0.29) is 5.82 Å². The number of fused-ring (bicyclic) bond motifs is 1. The molecule has 1 atom stereocenters. The highest BCUT2D eigenvalue weighted by Gasteiger charge is 2.36. The molecule has 1 nitrogen and oxygen atoms in total. The Kier molecular flexibility index (Phi) is 3.08. The number of hydrogen-bond donors (Lipinski definition) is 1. The van der Waals surface area contributed by atoms with Gasteiger partial charge in [0.05, 0.1) is 5.60 Å². The van der Waals surface area contributed by atoms with Crippen LogP contribution in [0.4, 0.5) is 4.39 Å². The van der Waals surface area contributed by atoms with Gasteiger partial charge in [-0.25, -0.2) is 4.39 Å². The Morgan fingerprint density at radius 1 is 1.21 bits per heavy atom. The van der Waals surface area contributed by atoms with Crippen molar-refractivity contribution < 1.29 is 9.50 Å². The topological polar surface area (TPSA) is 20.2 Å². The van der Waals surface area contributed by atoms with E-state index in [4.69, 9.17) is 11.6 Å². The molecule has 2 aromatic carbocycles. The van der Waals surface area contributed by atoms with E-state index in [0.29, 0.717) is 17.9 Å². The van der Waals surface area contributed by atoms with Crippen molar-refractivity contribution in [2.24, 2.45) is 0 Å². The van der Waals surface area contributed by atoms with Gasteiger partial charge in [0, 0.05) is 11.4 Å². The predicted molar refractivity (Wildman–Crippen MR) is 73.8 cm³/mol. The maximum Gasteiger partial charge on any atom is 0.124 e. The minimum absolute atomic E-state index is 0.354. The summed E-state index contributed by atoms with van der Waals surface area (Å²) in [6, 6.07) is 12.2. The normalized spacial score (nSPS) is 21.4. The second-order valence-electron chi connectivity index (χ2n) is 5.10. The molecule has 0 saturated carbocycles. The highest BCUT2D eigenvalue weighted by molar-refractivity contribution is 6.31. The van der Waals surface area contributed by atoms with Crippen molar-refractivity contribution in [3.8, 4) is 0 Å². The van der Waals surface area contributed by atoms with Crippen molar-refractivity contribution >= 4 is 11.6 Å². The molecule has 0 spiro atoms. The van der Waals surface area contributed by atoms with Crippen LogP contribution in [-0.2, 0) is 18.4 Å². The quantitative estimate of drug-likeness (QED) is 0.883. The average molecular weight is 277 g/mol. The Morgan fingerprint density at radius 2 is 2.00 bits per heavy atom. The van der Waals surface area contributed by atoms with Gasteiger partial charge in [0.15, 0.2) is 0 Å². The standard InChI is InChI=1S/C16H14ClFO/c17-15-9-13(18)6-5-12(15)10-16(19)8-7-11-3-1-2-4-14(11)16/h1-6,9,19H,7-8,10H2. The van der Waals surface area contributed by atoms with Crippen LogP contribution in [0.3, 0.4) is 0 Å². The van der Waals surface area contributed by atoms with Crippen molar-refractivity contribution in [3.63, 3.8) is 0 Å². The van der Waals surface area contributed by atoms with E-state index in [1.807, 2.05) is 24.3 Å². The monoisotopic (exact) mass is 276 g/mol.